The van der Waals surface area contributed by atoms with Gasteiger partial charge in [0.25, 0.3) is 0 Å². The first-order valence-electron chi connectivity index (χ1n) is 4.71. The zero-order valence-electron chi connectivity index (χ0n) is 7.68. The van der Waals surface area contributed by atoms with E-state index < -0.39 is 6.17 Å². The first-order chi connectivity index (χ1) is 5.84. The molecule has 0 heterocycles. The Balaban J connectivity index is 2.11. The van der Waals surface area contributed by atoms with Crippen LogP contribution < -0.4 is 5.32 Å². The molecule has 0 aromatic rings. The van der Waals surface area contributed by atoms with Crippen molar-refractivity contribution in [2.24, 2.45) is 0 Å². The third kappa shape index (κ3) is 3.07. The van der Waals surface area contributed by atoms with Gasteiger partial charge in [-0.15, -0.1) is 0 Å². The van der Waals surface area contributed by atoms with Crippen LogP contribution in [-0.4, -0.2) is 32.5 Å². The summed E-state index contributed by atoms with van der Waals surface area (Å²) in [6.45, 7) is 1.44. The van der Waals surface area contributed by atoms with E-state index in [1.54, 1.807) is 7.11 Å². The van der Waals surface area contributed by atoms with Crippen molar-refractivity contribution in [3.63, 3.8) is 0 Å². The number of methoxy groups -OCH3 is 1. The molecule has 12 heavy (non-hydrogen) atoms. The summed E-state index contributed by atoms with van der Waals surface area (Å²) in [4.78, 5) is 0. The van der Waals surface area contributed by atoms with Gasteiger partial charge in [-0.05, 0) is 12.8 Å². The van der Waals surface area contributed by atoms with Crippen molar-refractivity contribution in [1.29, 1.82) is 0 Å². The lowest BCUT2D eigenvalue weighted by Crippen LogP contribution is -2.41. The summed E-state index contributed by atoms with van der Waals surface area (Å²) in [5, 5.41) is 3.17. The molecule has 1 saturated carbocycles. The maximum atomic E-state index is 13.2. The second-order valence-corrected chi connectivity index (χ2v) is 3.35. The van der Waals surface area contributed by atoms with Gasteiger partial charge >= 0.3 is 0 Å². The topological polar surface area (TPSA) is 21.3 Å². The molecule has 72 valence electrons. The van der Waals surface area contributed by atoms with Crippen molar-refractivity contribution in [2.75, 3.05) is 20.3 Å². The van der Waals surface area contributed by atoms with Crippen LogP contribution in [-0.2, 0) is 4.74 Å². The Morgan fingerprint density at radius 3 is 2.83 bits per heavy atom. The molecule has 1 fully saturated rings. The molecule has 1 aliphatic rings. The fourth-order valence-electron chi connectivity index (χ4n) is 1.66. The van der Waals surface area contributed by atoms with E-state index in [0.717, 1.165) is 32.2 Å². The smallest absolute Gasteiger partial charge is 0.115 e. The largest absolute Gasteiger partial charge is 0.383 e. The van der Waals surface area contributed by atoms with Gasteiger partial charge in [-0.25, -0.2) is 4.39 Å². The third-order valence-corrected chi connectivity index (χ3v) is 2.39. The fourth-order valence-corrected chi connectivity index (χ4v) is 1.66. The molecule has 0 aliphatic heterocycles. The zero-order chi connectivity index (χ0) is 8.81. The molecule has 2 nitrogen and oxygen atoms in total. The predicted octanol–water partition coefficient (Wildman–Crippen LogP) is 1.50. The van der Waals surface area contributed by atoms with E-state index in [-0.39, 0.29) is 6.04 Å². The average molecular weight is 175 g/mol. The first-order valence-corrected chi connectivity index (χ1v) is 4.71. The zero-order valence-corrected chi connectivity index (χ0v) is 7.68. The molecular formula is C9H18FNO. The minimum absolute atomic E-state index is 0.0777. The van der Waals surface area contributed by atoms with Crippen molar-refractivity contribution in [3.8, 4) is 0 Å². The number of nitrogens with one attached hydrogen (secondary N) is 1. The molecule has 0 amide bonds. The molecule has 0 aromatic carbocycles. The second kappa shape index (κ2) is 5.49. The van der Waals surface area contributed by atoms with Crippen molar-refractivity contribution in [1.82, 2.24) is 5.32 Å². The van der Waals surface area contributed by atoms with Crippen molar-refractivity contribution < 1.29 is 9.13 Å². The number of halogens is 1. The number of alkyl halides is 1. The Hall–Kier alpha value is -0.150. The van der Waals surface area contributed by atoms with Gasteiger partial charge in [-0.3, -0.25) is 0 Å². The first kappa shape index (κ1) is 9.93. The maximum Gasteiger partial charge on any atom is 0.115 e. The lowest BCUT2D eigenvalue weighted by Gasteiger charge is -2.26. The van der Waals surface area contributed by atoms with Crippen LogP contribution in [0.1, 0.15) is 25.7 Å². The number of hydrogen-bond acceptors (Lipinski definition) is 2. The normalized spacial score (nSPS) is 30.5. The summed E-state index contributed by atoms with van der Waals surface area (Å²) in [6, 6.07) is 0.0777. The molecule has 3 heteroatoms. The van der Waals surface area contributed by atoms with E-state index in [1.165, 1.54) is 0 Å². The summed E-state index contributed by atoms with van der Waals surface area (Å²) in [5.41, 5.74) is 0. The minimum atomic E-state index is -0.643. The molecule has 1 N–H and O–H groups in total. The van der Waals surface area contributed by atoms with E-state index in [4.69, 9.17) is 4.74 Å². The van der Waals surface area contributed by atoms with E-state index >= 15 is 0 Å². The molecule has 0 saturated heterocycles. The monoisotopic (exact) mass is 175 g/mol. The van der Waals surface area contributed by atoms with Crippen molar-refractivity contribution >= 4 is 0 Å². The van der Waals surface area contributed by atoms with E-state index in [1.807, 2.05) is 0 Å². The molecular weight excluding hydrogens is 157 g/mol. The highest BCUT2D eigenvalue weighted by Gasteiger charge is 2.23. The fraction of sp³-hybridized carbons (Fsp3) is 1.00. The third-order valence-electron chi connectivity index (χ3n) is 2.39. The van der Waals surface area contributed by atoms with Crippen LogP contribution in [0.25, 0.3) is 0 Å². The summed E-state index contributed by atoms with van der Waals surface area (Å²) < 4.78 is 18.1. The second-order valence-electron chi connectivity index (χ2n) is 3.35. The van der Waals surface area contributed by atoms with Gasteiger partial charge in [0.1, 0.15) is 6.17 Å². The van der Waals surface area contributed by atoms with Gasteiger partial charge in [0, 0.05) is 19.7 Å². The van der Waals surface area contributed by atoms with Crippen LogP contribution in [0.5, 0.6) is 0 Å². The minimum Gasteiger partial charge on any atom is -0.383 e. The molecule has 2 atom stereocenters. The molecule has 1 rings (SSSR count). The van der Waals surface area contributed by atoms with Gasteiger partial charge < -0.3 is 10.1 Å². The Morgan fingerprint density at radius 1 is 1.42 bits per heavy atom. The summed E-state index contributed by atoms with van der Waals surface area (Å²) in [7, 11) is 1.66. The molecule has 1 aliphatic carbocycles. The highest BCUT2D eigenvalue weighted by Crippen LogP contribution is 2.20. The quantitative estimate of drug-likeness (QED) is 0.654. The van der Waals surface area contributed by atoms with Gasteiger partial charge in [-0.2, -0.15) is 0 Å². The maximum absolute atomic E-state index is 13.2. The van der Waals surface area contributed by atoms with Crippen LogP contribution in [0.3, 0.4) is 0 Å². The summed E-state index contributed by atoms with van der Waals surface area (Å²) >= 11 is 0. The molecule has 0 radical (unpaired) electrons. The SMILES string of the molecule is COCCN[C@@H]1CCCC[C@H]1F. The highest BCUT2D eigenvalue weighted by molar-refractivity contribution is 4.80. The van der Waals surface area contributed by atoms with E-state index in [9.17, 15) is 4.39 Å². The van der Waals surface area contributed by atoms with E-state index in [2.05, 4.69) is 5.32 Å². The Kier molecular flexibility index (Phi) is 4.54. The van der Waals surface area contributed by atoms with Crippen LogP contribution in [0.15, 0.2) is 0 Å². The standard InChI is InChI=1S/C9H18FNO/c1-12-7-6-11-9-5-3-2-4-8(9)10/h8-9,11H,2-7H2,1H3/t8-,9-/m1/s1. The summed E-state index contributed by atoms with van der Waals surface area (Å²) in [6.07, 6.45) is 3.26. The number of ether oxygens (including phenoxy) is 1. The Bertz CT molecular complexity index is 121. The van der Waals surface area contributed by atoms with Gasteiger partial charge in [0.2, 0.25) is 0 Å². The molecule has 0 spiro atoms. The van der Waals surface area contributed by atoms with Crippen LogP contribution >= 0.6 is 0 Å². The Labute approximate surface area is 73.5 Å². The average Bonchev–Trinajstić information content (AvgIpc) is 2.09. The van der Waals surface area contributed by atoms with Crippen molar-refractivity contribution in [2.45, 2.75) is 37.9 Å². The lowest BCUT2D eigenvalue weighted by atomic mass is 9.94. The van der Waals surface area contributed by atoms with Crippen LogP contribution in [0.4, 0.5) is 4.39 Å². The summed E-state index contributed by atoms with van der Waals surface area (Å²) in [5.74, 6) is 0. The number of rotatable bonds is 4. The Morgan fingerprint density at radius 2 is 2.17 bits per heavy atom. The van der Waals surface area contributed by atoms with Gasteiger partial charge in [0.15, 0.2) is 0 Å². The highest BCUT2D eigenvalue weighted by atomic mass is 19.1. The predicted molar refractivity (Wildman–Crippen MR) is 47.0 cm³/mol. The van der Waals surface area contributed by atoms with Gasteiger partial charge in [0.05, 0.1) is 6.61 Å². The lowest BCUT2D eigenvalue weighted by molar-refractivity contribution is 0.160. The van der Waals surface area contributed by atoms with Crippen molar-refractivity contribution in [3.05, 3.63) is 0 Å². The molecule has 0 unspecified atom stereocenters. The molecule has 0 aromatic heterocycles. The van der Waals surface area contributed by atoms with Crippen LogP contribution in [0.2, 0.25) is 0 Å². The molecule has 0 bridgehead atoms. The van der Waals surface area contributed by atoms with Gasteiger partial charge in [-0.1, -0.05) is 12.8 Å². The number of hydrogen-bond donors (Lipinski definition) is 1. The van der Waals surface area contributed by atoms with Crippen LogP contribution in [0, 0.1) is 0 Å². The van der Waals surface area contributed by atoms with E-state index in [0.29, 0.717) is 6.61 Å².